The van der Waals surface area contributed by atoms with Gasteiger partial charge in [-0.2, -0.15) is 5.10 Å². The van der Waals surface area contributed by atoms with E-state index in [2.05, 4.69) is 22.2 Å². The number of nitrogens with one attached hydrogen (secondary N) is 1. The van der Waals surface area contributed by atoms with Gasteiger partial charge in [-0.1, -0.05) is 23.7 Å². The summed E-state index contributed by atoms with van der Waals surface area (Å²) < 4.78 is 1.82. The number of guanidine groups is 1. The first-order valence-corrected chi connectivity index (χ1v) is 8.17. The summed E-state index contributed by atoms with van der Waals surface area (Å²) in [7, 11) is 3.97. The van der Waals surface area contributed by atoms with Gasteiger partial charge in [0.2, 0.25) is 0 Å². The molecule has 0 aliphatic rings. The average Bonchev–Trinajstić information content (AvgIpc) is 2.94. The van der Waals surface area contributed by atoms with Gasteiger partial charge in [0.15, 0.2) is 5.96 Å². The van der Waals surface area contributed by atoms with Gasteiger partial charge in [-0.05, 0) is 36.6 Å². The Bertz CT molecular complexity index is 639. The van der Waals surface area contributed by atoms with Crippen LogP contribution in [0.15, 0.2) is 41.7 Å². The summed E-state index contributed by atoms with van der Waals surface area (Å²) in [6.07, 6.45) is 4.80. The van der Waals surface area contributed by atoms with Gasteiger partial charge in [-0.3, -0.25) is 9.67 Å². The fourth-order valence-electron chi connectivity index (χ4n) is 2.30. The van der Waals surface area contributed by atoms with Crippen molar-refractivity contribution in [2.45, 2.75) is 19.9 Å². The van der Waals surface area contributed by atoms with Crippen LogP contribution in [0.2, 0.25) is 5.02 Å². The van der Waals surface area contributed by atoms with E-state index in [0.29, 0.717) is 0 Å². The lowest BCUT2D eigenvalue weighted by atomic mass is 10.2. The molecule has 1 aromatic heterocycles. The van der Waals surface area contributed by atoms with Gasteiger partial charge >= 0.3 is 0 Å². The molecule has 24 heavy (non-hydrogen) atoms. The lowest BCUT2D eigenvalue weighted by molar-refractivity contribution is 0.477. The van der Waals surface area contributed by atoms with E-state index >= 15 is 0 Å². The van der Waals surface area contributed by atoms with E-state index in [1.165, 1.54) is 11.1 Å². The van der Waals surface area contributed by atoms with Crippen molar-refractivity contribution >= 4 is 41.5 Å². The molecule has 0 amide bonds. The Morgan fingerprint density at radius 2 is 2.00 bits per heavy atom. The molecular formula is C17H25ClIN5. The van der Waals surface area contributed by atoms with Crippen molar-refractivity contribution in [1.29, 1.82) is 0 Å². The van der Waals surface area contributed by atoms with Gasteiger partial charge in [-0.25, -0.2) is 0 Å². The Kier molecular flexibility index (Phi) is 9.13. The molecule has 0 radical (unpaired) electrons. The highest BCUT2D eigenvalue weighted by molar-refractivity contribution is 14.0. The maximum Gasteiger partial charge on any atom is 0.193 e. The number of nitrogens with zero attached hydrogens (tertiary/aromatic N) is 4. The summed E-state index contributed by atoms with van der Waals surface area (Å²) in [4.78, 5) is 6.82. The summed E-state index contributed by atoms with van der Waals surface area (Å²) in [5, 5.41) is 8.27. The maximum absolute atomic E-state index is 5.93. The molecule has 0 spiro atoms. The molecule has 0 bridgehead atoms. The first-order valence-electron chi connectivity index (χ1n) is 7.80. The molecule has 1 aromatic carbocycles. The monoisotopic (exact) mass is 461 g/mol. The maximum atomic E-state index is 5.93. The first kappa shape index (κ1) is 20.8. The normalized spacial score (nSPS) is 11.1. The molecule has 0 unspecified atom stereocenters. The predicted octanol–water partition coefficient (Wildman–Crippen LogP) is 3.33. The number of hydrogen-bond acceptors (Lipinski definition) is 2. The number of benzene rings is 1. The number of aromatic nitrogens is 2. The van der Waals surface area contributed by atoms with E-state index in [1.807, 2.05) is 55.4 Å². The van der Waals surface area contributed by atoms with Gasteiger partial charge in [0, 0.05) is 44.9 Å². The topological polar surface area (TPSA) is 45.5 Å². The van der Waals surface area contributed by atoms with Crippen molar-refractivity contribution in [1.82, 2.24) is 20.0 Å². The zero-order chi connectivity index (χ0) is 16.7. The minimum Gasteiger partial charge on any atom is -0.357 e. The minimum absolute atomic E-state index is 0. The number of aryl methyl sites for hydroxylation is 1. The molecule has 2 aromatic rings. The SMILES string of the molecule is CCNC(=NCCc1cnn(C)c1)N(C)Cc1ccc(Cl)cc1.I. The van der Waals surface area contributed by atoms with Crippen LogP contribution in [0.25, 0.3) is 0 Å². The Hall–Kier alpha value is -1.28. The zero-order valence-corrected chi connectivity index (χ0v) is 17.5. The van der Waals surface area contributed by atoms with Crippen LogP contribution < -0.4 is 5.32 Å². The third-order valence-corrected chi connectivity index (χ3v) is 3.70. The largest absolute Gasteiger partial charge is 0.357 e. The standard InChI is InChI=1S/C17H24ClN5.HI/c1-4-19-17(20-10-9-15-11-21-23(3)13-15)22(2)12-14-5-7-16(18)8-6-14;/h5-8,11,13H,4,9-10,12H2,1-3H3,(H,19,20);1H. The van der Waals surface area contributed by atoms with E-state index in [1.54, 1.807) is 0 Å². The Morgan fingerprint density at radius 3 is 2.58 bits per heavy atom. The van der Waals surface area contributed by atoms with Crippen molar-refractivity contribution in [3.8, 4) is 0 Å². The average molecular weight is 462 g/mol. The lowest BCUT2D eigenvalue weighted by Gasteiger charge is -2.22. The van der Waals surface area contributed by atoms with Crippen LogP contribution in [0.4, 0.5) is 0 Å². The van der Waals surface area contributed by atoms with E-state index in [-0.39, 0.29) is 24.0 Å². The Morgan fingerprint density at radius 1 is 1.29 bits per heavy atom. The van der Waals surface area contributed by atoms with Crippen molar-refractivity contribution < 1.29 is 0 Å². The minimum atomic E-state index is 0. The van der Waals surface area contributed by atoms with Crippen molar-refractivity contribution in [3.05, 3.63) is 52.8 Å². The summed E-state index contributed by atoms with van der Waals surface area (Å²) in [6, 6.07) is 7.91. The second kappa shape index (κ2) is 10.6. The third kappa shape index (κ3) is 6.68. The number of halogens is 2. The number of rotatable bonds is 6. The molecule has 0 atom stereocenters. The van der Waals surface area contributed by atoms with Crippen molar-refractivity contribution in [3.63, 3.8) is 0 Å². The summed E-state index contributed by atoms with van der Waals surface area (Å²) in [5.74, 6) is 0.909. The van der Waals surface area contributed by atoms with Gasteiger partial charge in [-0.15, -0.1) is 24.0 Å². The van der Waals surface area contributed by atoms with Gasteiger partial charge < -0.3 is 10.2 Å². The second-order valence-electron chi connectivity index (χ2n) is 5.49. The smallest absolute Gasteiger partial charge is 0.193 e. The summed E-state index contributed by atoms with van der Waals surface area (Å²) in [6.45, 7) is 4.44. The highest BCUT2D eigenvalue weighted by Crippen LogP contribution is 2.11. The first-order chi connectivity index (χ1) is 11.1. The van der Waals surface area contributed by atoms with Crippen LogP contribution in [-0.4, -0.2) is 40.8 Å². The van der Waals surface area contributed by atoms with E-state index in [0.717, 1.165) is 37.0 Å². The van der Waals surface area contributed by atoms with Gasteiger partial charge in [0.05, 0.1) is 6.20 Å². The van der Waals surface area contributed by atoms with Crippen LogP contribution >= 0.6 is 35.6 Å². The zero-order valence-electron chi connectivity index (χ0n) is 14.4. The third-order valence-electron chi connectivity index (χ3n) is 3.45. The Labute approximate surface area is 166 Å². The van der Waals surface area contributed by atoms with Crippen LogP contribution in [0.5, 0.6) is 0 Å². The molecule has 1 heterocycles. The van der Waals surface area contributed by atoms with Crippen LogP contribution in [0.3, 0.4) is 0 Å². The summed E-state index contributed by atoms with van der Waals surface area (Å²) in [5.41, 5.74) is 2.40. The molecule has 5 nitrogen and oxygen atoms in total. The van der Waals surface area contributed by atoms with Crippen molar-refractivity contribution in [2.75, 3.05) is 20.1 Å². The molecule has 1 N–H and O–H groups in total. The molecule has 0 saturated carbocycles. The fourth-order valence-corrected chi connectivity index (χ4v) is 2.43. The highest BCUT2D eigenvalue weighted by atomic mass is 127. The van der Waals surface area contributed by atoms with E-state index in [4.69, 9.17) is 16.6 Å². The fraction of sp³-hybridized carbons (Fsp3) is 0.412. The summed E-state index contributed by atoms with van der Waals surface area (Å²) >= 11 is 5.93. The number of hydrogen-bond donors (Lipinski definition) is 1. The molecule has 0 fully saturated rings. The van der Waals surface area contributed by atoms with Crippen LogP contribution in [0, 0.1) is 0 Å². The lowest BCUT2D eigenvalue weighted by Crippen LogP contribution is -2.38. The highest BCUT2D eigenvalue weighted by Gasteiger charge is 2.06. The molecule has 7 heteroatoms. The predicted molar refractivity (Wildman–Crippen MR) is 111 cm³/mol. The van der Waals surface area contributed by atoms with Crippen LogP contribution in [-0.2, 0) is 20.0 Å². The van der Waals surface area contributed by atoms with E-state index < -0.39 is 0 Å². The van der Waals surface area contributed by atoms with E-state index in [9.17, 15) is 0 Å². The molecule has 132 valence electrons. The molecule has 2 rings (SSSR count). The second-order valence-corrected chi connectivity index (χ2v) is 5.93. The van der Waals surface area contributed by atoms with Gasteiger partial charge in [0.1, 0.15) is 0 Å². The van der Waals surface area contributed by atoms with Crippen molar-refractivity contribution in [2.24, 2.45) is 12.0 Å². The molecule has 0 saturated heterocycles. The molecule has 0 aliphatic heterocycles. The molecular weight excluding hydrogens is 437 g/mol. The van der Waals surface area contributed by atoms with Crippen LogP contribution in [0.1, 0.15) is 18.1 Å². The van der Waals surface area contributed by atoms with Gasteiger partial charge in [0.25, 0.3) is 0 Å². The Balaban J connectivity index is 0.00000288. The molecule has 0 aliphatic carbocycles. The number of aliphatic imine (C=N–C) groups is 1. The quantitative estimate of drug-likeness (QED) is 0.408.